The maximum Gasteiger partial charge on any atom is 0.356 e. The van der Waals surface area contributed by atoms with Crippen molar-refractivity contribution in [2.45, 2.75) is 13.8 Å². The summed E-state index contributed by atoms with van der Waals surface area (Å²) < 4.78 is 5.11. The zero-order valence-corrected chi connectivity index (χ0v) is 10.3. The highest BCUT2D eigenvalue weighted by atomic mass is 28.2. The Morgan fingerprint density at radius 3 is 2.69 bits per heavy atom. The van der Waals surface area contributed by atoms with E-state index in [9.17, 15) is 4.79 Å². The molecule has 0 aliphatic carbocycles. The molecular weight excluding hydrogens is 216 g/mol. The fourth-order valence-corrected chi connectivity index (χ4v) is 2.47. The Balaban J connectivity index is 2.48. The van der Waals surface area contributed by atoms with Crippen molar-refractivity contribution in [3.63, 3.8) is 0 Å². The van der Waals surface area contributed by atoms with E-state index < -0.39 is 0 Å². The average Bonchev–Trinajstić information content (AvgIpc) is 2.27. The monoisotopic (exact) mass is 228 g/mol. The number of rotatable bonds is 2. The van der Waals surface area contributed by atoms with Gasteiger partial charge in [0.15, 0.2) is 0 Å². The molecule has 2 nitrogen and oxygen atoms in total. The summed E-state index contributed by atoms with van der Waals surface area (Å²) >= 11 is 0. The Morgan fingerprint density at radius 2 is 1.94 bits per heavy atom. The van der Waals surface area contributed by atoms with Crippen molar-refractivity contribution < 1.29 is 9.22 Å². The molecule has 2 aromatic carbocycles. The number of aryl methyl sites for hydroxylation is 1. The molecule has 0 atom stereocenters. The molecule has 80 valence electrons. The van der Waals surface area contributed by atoms with Crippen LogP contribution in [0.3, 0.4) is 0 Å². The van der Waals surface area contributed by atoms with E-state index in [-0.39, 0.29) is 15.7 Å². The van der Waals surface area contributed by atoms with Gasteiger partial charge in [-0.15, -0.1) is 0 Å². The van der Waals surface area contributed by atoms with E-state index in [0.717, 1.165) is 5.19 Å². The summed E-state index contributed by atoms with van der Waals surface area (Å²) in [6, 6.07) is 12.3. The van der Waals surface area contributed by atoms with E-state index in [2.05, 4.69) is 24.3 Å². The zero-order chi connectivity index (χ0) is 11.5. The lowest BCUT2D eigenvalue weighted by Crippen LogP contribution is -2.23. The zero-order valence-electron chi connectivity index (χ0n) is 9.28. The van der Waals surface area contributed by atoms with Gasteiger partial charge in [0.05, 0.1) is 0 Å². The minimum Gasteiger partial charge on any atom is -0.511 e. The molecular formula is C13H12O2Si. The first kappa shape index (κ1) is 10.9. The van der Waals surface area contributed by atoms with Gasteiger partial charge >= 0.3 is 9.76 Å². The molecule has 16 heavy (non-hydrogen) atoms. The van der Waals surface area contributed by atoms with Gasteiger partial charge in [0.1, 0.15) is 0 Å². The highest BCUT2D eigenvalue weighted by molar-refractivity contribution is 6.53. The number of hydrogen-bond acceptors (Lipinski definition) is 2. The van der Waals surface area contributed by atoms with Crippen LogP contribution in [0, 0.1) is 6.92 Å². The van der Waals surface area contributed by atoms with Gasteiger partial charge < -0.3 is 4.43 Å². The van der Waals surface area contributed by atoms with Crippen LogP contribution in [-0.2, 0) is 9.22 Å². The first-order valence-corrected chi connectivity index (χ1v) is 6.01. The van der Waals surface area contributed by atoms with Gasteiger partial charge in [-0.05, 0) is 28.4 Å². The Bertz CT molecular complexity index is 534. The van der Waals surface area contributed by atoms with Crippen LogP contribution in [0.1, 0.15) is 12.5 Å². The molecule has 2 aromatic rings. The van der Waals surface area contributed by atoms with Crippen molar-refractivity contribution in [3.05, 3.63) is 42.0 Å². The number of hydrogen-bond donors (Lipinski definition) is 0. The van der Waals surface area contributed by atoms with Crippen LogP contribution >= 0.6 is 0 Å². The van der Waals surface area contributed by atoms with E-state index in [0.29, 0.717) is 0 Å². The molecule has 0 fully saturated rings. The maximum absolute atomic E-state index is 10.8. The van der Waals surface area contributed by atoms with Gasteiger partial charge in [0, 0.05) is 6.92 Å². The number of benzene rings is 2. The van der Waals surface area contributed by atoms with E-state index in [1.165, 1.54) is 23.3 Å². The molecule has 0 aliphatic heterocycles. The summed E-state index contributed by atoms with van der Waals surface area (Å²) in [6.45, 7) is 3.48. The number of carbonyl (C=O) groups is 1. The van der Waals surface area contributed by atoms with Crippen molar-refractivity contribution in [3.8, 4) is 0 Å². The Hall–Kier alpha value is -1.61. The lowest BCUT2D eigenvalue weighted by molar-refractivity contribution is -0.131. The highest BCUT2D eigenvalue weighted by Gasteiger charge is 2.08. The molecule has 0 amide bonds. The molecule has 0 aromatic heterocycles. The quantitative estimate of drug-likeness (QED) is 0.734. The lowest BCUT2D eigenvalue weighted by Gasteiger charge is -2.08. The van der Waals surface area contributed by atoms with Crippen LogP contribution in [-0.4, -0.2) is 15.7 Å². The van der Waals surface area contributed by atoms with Crippen molar-refractivity contribution in [1.29, 1.82) is 0 Å². The van der Waals surface area contributed by atoms with E-state index in [4.69, 9.17) is 4.43 Å². The molecule has 2 rings (SSSR count). The van der Waals surface area contributed by atoms with E-state index in [1.807, 2.05) is 19.1 Å². The molecule has 0 N–H and O–H groups in total. The second-order valence-corrected chi connectivity index (χ2v) is 4.58. The van der Waals surface area contributed by atoms with Crippen LogP contribution in [0.15, 0.2) is 36.4 Å². The predicted octanol–water partition coefficient (Wildman–Crippen LogP) is 1.96. The smallest absolute Gasteiger partial charge is 0.356 e. The van der Waals surface area contributed by atoms with Crippen LogP contribution in [0.2, 0.25) is 0 Å². The van der Waals surface area contributed by atoms with Gasteiger partial charge in [-0.25, -0.2) is 0 Å². The topological polar surface area (TPSA) is 26.3 Å². The first-order chi connectivity index (χ1) is 7.68. The Morgan fingerprint density at radius 1 is 1.19 bits per heavy atom. The fraction of sp³-hybridized carbons (Fsp3) is 0.154. The first-order valence-electron chi connectivity index (χ1n) is 5.10. The van der Waals surface area contributed by atoms with Crippen LogP contribution in [0.25, 0.3) is 10.8 Å². The highest BCUT2D eigenvalue weighted by Crippen LogP contribution is 2.12. The summed E-state index contributed by atoms with van der Waals surface area (Å²) in [7, 11) is 0.0879. The SMILES string of the molecule is CC(=O)O[Si]c1c(C)ccc2ccccc12. The summed E-state index contributed by atoms with van der Waals surface area (Å²) in [6.07, 6.45) is 0. The molecule has 0 aliphatic rings. The molecule has 0 bridgehead atoms. The van der Waals surface area contributed by atoms with Crippen molar-refractivity contribution >= 4 is 31.7 Å². The van der Waals surface area contributed by atoms with E-state index >= 15 is 0 Å². The van der Waals surface area contributed by atoms with Gasteiger partial charge in [0.25, 0.3) is 5.97 Å². The lowest BCUT2D eigenvalue weighted by atomic mass is 10.1. The van der Waals surface area contributed by atoms with Gasteiger partial charge in [0.2, 0.25) is 0 Å². The Labute approximate surface area is 97.2 Å². The maximum atomic E-state index is 10.8. The summed E-state index contributed by atoms with van der Waals surface area (Å²) in [5.74, 6) is -0.231. The third-order valence-corrected chi connectivity index (χ3v) is 3.69. The second-order valence-electron chi connectivity index (χ2n) is 3.67. The molecule has 0 heterocycles. The molecule has 2 radical (unpaired) electrons. The van der Waals surface area contributed by atoms with Crippen molar-refractivity contribution in [1.82, 2.24) is 0 Å². The summed E-state index contributed by atoms with van der Waals surface area (Å²) in [5, 5.41) is 3.47. The largest absolute Gasteiger partial charge is 0.511 e. The molecule has 3 heteroatoms. The molecule has 0 saturated carbocycles. The summed E-state index contributed by atoms with van der Waals surface area (Å²) in [5.41, 5.74) is 1.17. The van der Waals surface area contributed by atoms with Crippen LogP contribution < -0.4 is 5.19 Å². The molecule has 0 saturated heterocycles. The molecule has 0 unspecified atom stereocenters. The standard InChI is InChI=1S/C13H12O2Si/c1-9-7-8-11-5-3-4-6-12(11)13(9)16-15-10(2)14/h3-8H,1-2H3. The van der Waals surface area contributed by atoms with Crippen LogP contribution in [0.5, 0.6) is 0 Å². The predicted molar refractivity (Wildman–Crippen MR) is 65.8 cm³/mol. The van der Waals surface area contributed by atoms with Gasteiger partial charge in [-0.3, -0.25) is 4.79 Å². The Kier molecular flexibility index (Phi) is 3.06. The van der Waals surface area contributed by atoms with Crippen molar-refractivity contribution in [2.24, 2.45) is 0 Å². The minimum absolute atomic E-state index is 0.0879. The van der Waals surface area contributed by atoms with Gasteiger partial charge in [-0.1, -0.05) is 36.4 Å². The van der Waals surface area contributed by atoms with Crippen LogP contribution in [0.4, 0.5) is 0 Å². The minimum atomic E-state index is -0.231. The normalized spacial score (nSPS) is 10.4. The second kappa shape index (κ2) is 4.49. The van der Waals surface area contributed by atoms with Gasteiger partial charge in [-0.2, -0.15) is 0 Å². The number of carbonyl (C=O) groups excluding carboxylic acids is 1. The average molecular weight is 228 g/mol. The van der Waals surface area contributed by atoms with Crippen molar-refractivity contribution in [2.75, 3.05) is 0 Å². The van der Waals surface area contributed by atoms with E-state index in [1.54, 1.807) is 0 Å². The molecule has 0 spiro atoms. The number of fused-ring (bicyclic) bond motifs is 1. The third-order valence-electron chi connectivity index (χ3n) is 2.43. The fourth-order valence-electron chi connectivity index (χ4n) is 1.64. The third kappa shape index (κ3) is 2.14. The summed E-state index contributed by atoms with van der Waals surface area (Å²) in [4.78, 5) is 10.8.